The first-order valence-corrected chi connectivity index (χ1v) is 19.9. The number of likely N-dealkylation sites (tertiary alicyclic amines) is 1. The summed E-state index contributed by atoms with van der Waals surface area (Å²) in [6.07, 6.45) is 6.11. The second-order valence-corrected chi connectivity index (χ2v) is 18.6. The molecule has 10 nitrogen and oxygen atoms in total. The first-order chi connectivity index (χ1) is 22.5. The molecule has 3 amide bonds. The maximum atomic E-state index is 14.1. The first-order valence-electron chi connectivity index (χ1n) is 17.1. The van der Waals surface area contributed by atoms with Crippen molar-refractivity contribution >= 4 is 38.9 Å². The standard InChI is InChI=1S/C36H54N4O6S2/c1-35(2,3)39-33(43)29-20-25-14-10-11-15-26(25)21-40(29)22-30(41)28(17-16-24-12-8-7-9-13-24)37-34(44)31(36(4,5)48(6,45)46)38-32(42)27-18-19-47-23-27/h7-9,12-13,18-19,23,25-26,28-31,41H,10-11,14-17,20-22H2,1-6H3,(H,37,44)(H,38,42)(H,39,43)/t25-,26+,28-,29-,30+,31+/m0/s1. The van der Waals surface area contributed by atoms with Crippen LogP contribution in [0.25, 0.3) is 0 Å². The summed E-state index contributed by atoms with van der Waals surface area (Å²) < 4.78 is 24.2. The fraction of sp³-hybridized carbons (Fsp3) is 0.639. The van der Waals surface area contributed by atoms with Crippen LogP contribution in [0.1, 0.15) is 89.1 Å². The van der Waals surface area contributed by atoms with E-state index in [0.717, 1.165) is 37.5 Å². The monoisotopic (exact) mass is 702 g/mol. The van der Waals surface area contributed by atoms with Crippen LogP contribution in [0.2, 0.25) is 0 Å². The van der Waals surface area contributed by atoms with E-state index in [2.05, 4.69) is 20.9 Å². The fourth-order valence-electron chi connectivity index (χ4n) is 6.97. The lowest BCUT2D eigenvalue weighted by atomic mass is 9.72. The summed E-state index contributed by atoms with van der Waals surface area (Å²) in [4.78, 5) is 42.9. The molecule has 0 unspecified atom stereocenters. The van der Waals surface area contributed by atoms with Crippen molar-refractivity contribution < 1.29 is 27.9 Å². The lowest BCUT2D eigenvalue weighted by Gasteiger charge is -2.47. The topological polar surface area (TPSA) is 145 Å². The van der Waals surface area contributed by atoms with Crippen LogP contribution < -0.4 is 16.0 Å². The van der Waals surface area contributed by atoms with Crippen LogP contribution in [0.4, 0.5) is 0 Å². The third-order valence-electron chi connectivity index (χ3n) is 10.1. The second kappa shape index (κ2) is 15.8. The molecule has 48 heavy (non-hydrogen) atoms. The Hall–Kier alpha value is -2.80. The molecule has 12 heteroatoms. The molecule has 0 bridgehead atoms. The van der Waals surface area contributed by atoms with Gasteiger partial charge in [0.05, 0.1) is 28.5 Å². The Balaban J connectivity index is 1.61. The van der Waals surface area contributed by atoms with Crippen molar-refractivity contribution in [3.63, 3.8) is 0 Å². The number of β-amino-alcohol motifs (C(OH)–C–C–N with tert-alkyl or cyclic N) is 1. The van der Waals surface area contributed by atoms with Gasteiger partial charge in [-0.1, -0.05) is 49.6 Å². The molecule has 4 rings (SSSR count). The molecule has 1 saturated heterocycles. The lowest BCUT2D eigenvalue weighted by Crippen LogP contribution is -2.63. The van der Waals surface area contributed by atoms with Crippen LogP contribution in [0.5, 0.6) is 0 Å². The summed E-state index contributed by atoms with van der Waals surface area (Å²) in [5, 5.41) is 24.0. The number of sulfone groups is 1. The number of hydrogen-bond donors (Lipinski definition) is 4. The number of piperidine rings is 1. The summed E-state index contributed by atoms with van der Waals surface area (Å²) in [6, 6.07) is 8.70. The molecule has 1 aliphatic carbocycles. The van der Waals surface area contributed by atoms with Crippen molar-refractivity contribution in [3.05, 3.63) is 58.3 Å². The van der Waals surface area contributed by atoms with Crippen LogP contribution in [0, 0.1) is 11.8 Å². The molecule has 4 N–H and O–H groups in total. The van der Waals surface area contributed by atoms with Gasteiger partial charge in [-0.05, 0) is 89.1 Å². The van der Waals surface area contributed by atoms with Gasteiger partial charge in [0.2, 0.25) is 11.8 Å². The summed E-state index contributed by atoms with van der Waals surface area (Å²) >= 11 is 1.32. The van der Waals surface area contributed by atoms with Crippen LogP contribution >= 0.6 is 11.3 Å². The number of fused-ring (bicyclic) bond motifs is 1. The molecule has 2 fully saturated rings. The quantitative estimate of drug-likeness (QED) is 0.248. The zero-order valence-corrected chi connectivity index (χ0v) is 30.8. The van der Waals surface area contributed by atoms with E-state index in [1.807, 2.05) is 51.1 Å². The zero-order valence-electron chi connectivity index (χ0n) is 29.2. The SMILES string of the molecule is CC(C)(C)NC(=O)[C@@H]1C[C@@H]2CCCC[C@@H]2CN1C[C@@H](O)[C@H](CCc1ccccc1)NC(=O)[C@@H](NC(=O)c1ccsc1)C(C)(C)S(C)(=O)=O. The van der Waals surface area contributed by atoms with Gasteiger partial charge >= 0.3 is 0 Å². The Morgan fingerprint density at radius 1 is 1.00 bits per heavy atom. The molecule has 0 radical (unpaired) electrons. The third-order valence-corrected chi connectivity index (χ3v) is 12.9. The zero-order chi connectivity index (χ0) is 35.3. The summed E-state index contributed by atoms with van der Waals surface area (Å²) in [5.74, 6) is -0.414. The van der Waals surface area contributed by atoms with Crippen LogP contribution in [-0.4, -0.2) is 90.0 Å². The molecule has 2 heterocycles. The Labute approximate surface area is 290 Å². The van der Waals surface area contributed by atoms with Gasteiger partial charge in [0.15, 0.2) is 9.84 Å². The molecule has 0 spiro atoms. The van der Waals surface area contributed by atoms with Crippen LogP contribution in [0.3, 0.4) is 0 Å². The highest BCUT2D eigenvalue weighted by Crippen LogP contribution is 2.39. The number of nitrogens with one attached hydrogen (secondary N) is 3. The molecule has 1 aliphatic heterocycles. The molecule has 1 saturated carbocycles. The minimum absolute atomic E-state index is 0.0605. The smallest absolute Gasteiger partial charge is 0.252 e. The number of rotatable bonds is 13. The molecule has 2 aromatic rings. The van der Waals surface area contributed by atoms with Crippen molar-refractivity contribution in [1.82, 2.24) is 20.9 Å². The van der Waals surface area contributed by atoms with E-state index < -0.39 is 56.2 Å². The number of aliphatic hydroxyl groups excluding tert-OH is 1. The van der Waals surface area contributed by atoms with Gasteiger partial charge in [-0.25, -0.2) is 8.42 Å². The van der Waals surface area contributed by atoms with Gasteiger partial charge < -0.3 is 21.1 Å². The number of hydrogen-bond acceptors (Lipinski definition) is 8. The number of thiophene rings is 1. The Morgan fingerprint density at radius 3 is 2.27 bits per heavy atom. The maximum Gasteiger partial charge on any atom is 0.252 e. The maximum absolute atomic E-state index is 14.1. The van der Waals surface area contributed by atoms with Crippen molar-refractivity contribution in [2.24, 2.45) is 11.8 Å². The number of aryl methyl sites for hydroxylation is 1. The van der Waals surface area contributed by atoms with Crippen LogP contribution in [-0.2, 0) is 25.8 Å². The van der Waals surface area contributed by atoms with Gasteiger partial charge in [-0.15, -0.1) is 0 Å². The molecular formula is C36H54N4O6S2. The van der Waals surface area contributed by atoms with E-state index in [0.29, 0.717) is 36.8 Å². The Kier molecular flexibility index (Phi) is 12.5. The Morgan fingerprint density at radius 2 is 1.67 bits per heavy atom. The predicted octanol–water partition coefficient (Wildman–Crippen LogP) is 3.94. The average molecular weight is 703 g/mol. The van der Waals surface area contributed by atoms with Crippen molar-refractivity contribution in [2.75, 3.05) is 19.3 Å². The van der Waals surface area contributed by atoms with Crippen molar-refractivity contribution in [3.8, 4) is 0 Å². The van der Waals surface area contributed by atoms with E-state index in [9.17, 15) is 27.9 Å². The van der Waals surface area contributed by atoms with Gasteiger partial charge in [0.1, 0.15) is 6.04 Å². The molecule has 1 aromatic carbocycles. The molecular weight excluding hydrogens is 649 g/mol. The van der Waals surface area contributed by atoms with E-state index in [4.69, 9.17) is 0 Å². The van der Waals surface area contributed by atoms with E-state index >= 15 is 0 Å². The minimum Gasteiger partial charge on any atom is -0.390 e. The number of benzene rings is 1. The highest BCUT2D eigenvalue weighted by Gasteiger charge is 2.46. The second-order valence-electron chi connectivity index (χ2n) is 15.3. The van der Waals surface area contributed by atoms with Gasteiger partial charge in [0.25, 0.3) is 5.91 Å². The van der Waals surface area contributed by atoms with Crippen molar-refractivity contribution in [2.45, 2.75) is 114 Å². The molecule has 6 atom stereocenters. The number of carbonyl (C=O) groups excluding carboxylic acids is 3. The van der Waals surface area contributed by atoms with E-state index in [1.54, 1.807) is 16.8 Å². The highest BCUT2D eigenvalue weighted by atomic mass is 32.2. The summed E-state index contributed by atoms with van der Waals surface area (Å²) in [6.45, 7) is 9.55. The average Bonchev–Trinajstić information content (AvgIpc) is 3.56. The van der Waals surface area contributed by atoms with Gasteiger partial charge in [0, 0.05) is 30.3 Å². The minimum atomic E-state index is -3.83. The highest BCUT2D eigenvalue weighted by molar-refractivity contribution is 7.92. The van der Waals surface area contributed by atoms with E-state index in [-0.39, 0.29) is 12.5 Å². The molecule has 2 aliphatic rings. The number of amides is 3. The number of aliphatic hydroxyl groups is 1. The first kappa shape index (κ1) is 38.0. The van der Waals surface area contributed by atoms with Gasteiger partial charge in [-0.2, -0.15) is 11.3 Å². The fourth-order valence-corrected chi connectivity index (χ4v) is 8.20. The predicted molar refractivity (Wildman–Crippen MR) is 191 cm³/mol. The van der Waals surface area contributed by atoms with Crippen LogP contribution in [0.15, 0.2) is 47.2 Å². The summed E-state index contributed by atoms with van der Waals surface area (Å²) in [5.41, 5.74) is 0.938. The third kappa shape index (κ3) is 9.89. The number of carbonyl (C=O) groups is 3. The lowest BCUT2D eigenvalue weighted by molar-refractivity contribution is -0.133. The van der Waals surface area contributed by atoms with Crippen molar-refractivity contribution in [1.29, 1.82) is 0 Å². The Bertz CT molecular complexity index is 1490. The normalized spacial score (nSPS) is 22.5. The molecule has 1 aromatic heterocycles. The van der Waals surface area contributed by atoms with Gasteiger partial charge in [-0.3, -0.25) is 19.3 Å². The summed E-state index contributed by atoms with van der Waals surface area (Å²) in [7, 11) is -3.83. The van der Waals surface area contributed by atoms with E-state index in [1.165, 1.54) is 31.6 Å². The largest absolute Gasteiger partial charge is 0.390 e. The molecule has 266 valence electrons. The number of nitrogens with zero attached hydrogens (tertiary/aromatic N) is 1.